The van der Waals surface area contributed by atoms with Gasteiger partial charge in [0.1, 0.15) is 21.6 Å². The zero-order valence-corrected chi connectivity index (χ0v) is 21.3. The van der Waals surface area contributed by atoms with E-state index in [2.05, 4.69) is 0 Å². The van der Waals surface area contributed by atoms with Crippen LogP contribution < -0.4 is 9.47 Å². The fraction of sp³-hybridized carbons (Fsp3) is 0.0714. The molecule has 4 aromatic carbocycles. The smallest absolute Gasteiger partial charge is 0.320 e. The van der Waals surface area contributed by atoms with Gasteiger partial charge in [0.15, 0.2) is 11.5 Å². The Morgan fingerprint density at radius 3 is 1.78 bits per heavy atom. The lowest BCUT2D eigenvalue weighted by molar-refractivity contribution is -0.188. The molecule has 2 aliphatic rings. The van der Waals surface area contributed by atoms with Crippen LogP contribution in [0.4, 0.5) is 4.39 Å². The van der Waals surface area contributed by atoms with Gasteiger partial charge in [-0.3, -0.25) is 0 Å². The van der Waals surface area contributed by atoms with Gasteiger partial charge in [0.25, 0.3) is 0 Å². The maximum atomic E-state index is 13.9. The summed E-state index contributed by atoms with van der Waals surface area (Å²) in [5.41, 5.74) is 2.88. The molecule has 0 radical (unpaired) electrons. The standard InChI is InChI=1S/C28H15Cl4FO3/c29-20-21(30)23(32)26-25(22(20)31)34-27-19(15-7-3-1-4-8-15)24(16-9-5-2-6-10-16)35-28(27,36-26)17-11-13-18(33)14-12-17/h1-14,27H. The summed E-state index contributed by atoms with van der Waals surface area (Å²) in [6, 6.07) is 25.1. The molecule has 0 aliphatic carbocycles. The van der Waals surface area contributed by atoms with Crippen LogP contribution in [0.3, 0.4) is 0 Å². The van der Waals surface area contributed by atoms with Gasteiger partial charge in [0.05, 0.1) is 15.6 Å². The molecule has 0 bridgehead atoms. The zero-order chi connectivity index (χ0) is 25.0. The molecule has 0 saturated heterocycles. The zero-order valence-electron chi connectivity index (χ0n) is 18.3. The van der Waals surface area contributed by atoms with Crippen LogP contribution in [0, 0.1) is 5.82 Å². The Morgan fingerprint density at radius 1 is 0.611 bits per heavy atom. The molecule has 180 valence electrons. The SMILES string of the molecule is Fc1ccc(C23OC(c4ccccc4)=C(c4ccccc4)C2Oc2c(Cl)c(Cl)c(Cl)c(Cl)c2O3)cc1. The molecular formula is C28H15Cl4FO3. The highest BCUT2D eigenvalue weighted by Gasteiger charge is 2.60. The van der Waals surface area contributed by atoms with Crippen molar-refractivity contribution in [1.29, 1.82) is 0 Å². The third-order valence-electron chi connectivity index (χ3n) is 6.15. The van der Waals surface area contributed by atoms with Crippen molar-refractivity contribution in [2.75, 3.05) is 0 Å². The van der Waals surface area contributed by atoms with Crippen molar-refractivity contribution in [3.63, 3.8) is 0 Å². The summed E-state index contributed by atoms with van der Waals surface area (Å²) in [6.07, 6.45) is -0.862. The summed E-state index contributed by atoms with van der Waals surface area (Å²) >= 11 is 25.8. The highest BCUT2D eigenvalue weighted by Crippen LogP contribution is 2.60. The fourth-order valence-electron chi connectivity index (χ4n) is 4.49. The molecule has 0 spiro atoms. The monoisotopic (exact) mass is 558 g/mol. The molecule has 0 fully saturated rings. The average Bonchev–Trinajstić information content (AvgIpc) is 3.26. The third kappa shape index (κ3) is 3.55. The van der Waals surface area contributed by atoms with Crippen molar-refractivity contribution in [3.05, 3.63) is 128 Å². The molecule has 36 heavy (non-hydrogen) atoms. The maximum absolute atomic E-state index is 13.9. The summed E-state index contributed by atoms with van der Waals surface area (Å²) < 4.78 is 33.7. The van der Waals surface area contributed by atoms with Crippen LogP contribution in [-0.2, 0) is 10.5 Å². The summed E-state index contributed by atoms with van der Waals surface area (Å²) in [5, 5.41) is 0.164. The first-order valence-corrected chi connectivity index (χ1v) is 12.4. The van der Waals surface area contributed by atoms with Crippen molar-refractivity contribution in [2.45, 2.75) is 11.9 Å². The highest BCUT2D eigenvalue weighted by molar-refractivity contribution is 6.53. The minimum absolute atomic E-state index is 0.0240. The predicted octanol–water partition coefficient (Wildman–Crippen LogP) is 9.03. The molecule has 8 heteroatoms. The van der Waals surface area contributed by atoms with Crippen LogP contribution in [-0.4, -0.2) is 6.10 Å². The molecule has 2 unspecified atom stereocenters. The van der Waals surface area contributed by atoms with Crippen molar-refractivity contribution in [1.82, 2.24) is 0 Å². The number of ether oxygens (including phenoxy) is 3. The average molecular weight is 560 g/mol. The van der Waals surface area contributed by atoms with Gasteiger partial charge < -0.3 is 14.2 Å². The van der Waals surface area contributed by atoms with E-state index >= 15 is 0 Å². The lowest BCUT2D eigenvalue weighted by Crippen LogP contribution is -2.49. The first kappa shape index (κ1) is 23.5. The fourth-order valence-corrected chi connectivity index (χ4v) is 5.39. The van der Waals surface area contributed by atoms with Gasteiger partial charge in [0.2, 0.25) is 6.10 Å². The largest absolute Gasteiger partial charge is 0.471 e. The Labute approximate surface area is 226 Å². The first-order valence-electron chi connectivity index (χ1n) is 10.9. The number of benzene rings is 4. The number of rotatable bonds is 3. The Morgan fingerprint density at radius 2 is 1.17 bits per heavy atom. The molecule has 0 N–H and O–H groups in total. The van der Waals surface area contributed by atoms with E-state index in [9.17, 15) is 4.39 Å². The molecule has 2 atom stereocenters. The quantitative estimate of drug-likeness (QED) is 0.185. The molecular weight excluding hydrogens is 545 g/mol. The molecule has 2 heterocycles. The first-order chi connectivity index (χ1) is 17.4. The Hall–Kier alpha value is -2.89. The number of hydrogen-bond acceptors (Lipinski definition) is 3. The lowest BCUT2D eigenvalue weighted by Gasteiger charge is -2.41. The molecule has 4 aromatic rings. The predicted molar refractivity (Wildman–Crippen MR) is 140 cm³/mol. The second-order valence-electron chi connectivity index (χ2n) is 8.27. The van der Waals surface area contributed by atoms with Crippen molar-refractivity contribution in [2.24, 2.45) is 0 Å². The van der Waals surface area contributed by atoms with Crippen LogP contribution in [0.1, 0.15) is 16.7 Å². The number of halogens is 5. The van der Waals surface area contributed by atoms with E-state index in [1.54, 1.807) is 12.1 Å². The topological polar surface area (TPSA) is 27.7 Å². The lowest BCUT2D eigenvalue weighted by atomic mass is 9.90. The highest BCUT2D eigenvalue weighted by atomic mass is 35.5. The normalized spacial score (nSPS) is 20.2. The second-order valence-corrected chi connectivity index (χ2v) is 9.78. The van der Waals surface area contributed by atoms with Gasteiger partial charge in [-0.25, -0.2) is 4.39 Å². The van der Waals surface area contributed by atoms with E-state index in [1.807, 2.05) is 60.7 Å². The summed E-state index contributed by atoms with van der Waals surface area (Å²) in [5.74, 6) is -1.21. The van der Waals surface area contributed by atoms with E-state index < -0.39 is 17.7 Å². The second kappa shape index (κ2) is 8.89. The summed E-state index contributed by atoms with van der Waals surface area (Å²) in [4.78, 5) is 0. The van der Waals surface area contributed by atoms with Crippen LogP contribution in [0.5, 0.6) is 11.5 Å². The van der Waals surface area contributed by atoms with Gasteiger partial charge >= 0.3 is 5.79 Å². The van der Waals surface area contributed by atoms with Gasteiger partial charge in [-0.2, -0.15) is 0 Å². The van der Waals surface area contributed by atoms with Gasteiger partial charge in [-0.1, -0.05) is 107 Å². The van der Waals surface area contributed by atoms with Crippen LogP contribution in [0.25, 0.3) is 11.3 Å². The van der Waals surface area contributed by atoms with Crippen LogP contribution in [0.2, 0.25) is 20.1 Å². The van der Waals surface area contributed by atoms with E-state index in [1.165, 1.54) is 12.1 Å². The van der Waals surface area contributed by atoms with E-state index in [-0.39, 0.29) is 31.6 Å². The Bertz CT molecular complexity index is 1510. The molecule has 3 nitrogen and oxygen atoms in total. The maximum Gasteiger partial charge on any atom is 0.320 e. The van der Waals surface area contributed by atoms with Crippen molar-refractivity contribution >= 4 is 57.7 Å². The van der Waals surface area contributed by atoms with Gasteiger partial charge in [0, 0.05) is 11.1 Å². The van der Waals surface area contributed by atoms with Crippen molar-refractivity contribution in [3.8, 4) is 11.5 Å². The number of hydrogen-bond donors (Lipinski definition) is 0. The molecule has 2 aliphatic heterocycles. The molecule has 0 aromatic heterocycles. The van der Waals surface area contributed by atoms with Gasteiger partial charge in [-0.15, -0.1) is 0 Å². The third-order valence-corrected chi connectivity index (χ3v) is 7.91. The van der Waals surface area contributed by atoms with E-state index in [4.69, 9.17) is 60.6 Å². The Kier molecular flexibility index (Phi) is 5.81. The molecule has 0 amide bonds. The minimum atomic E-state index is -1.57. The summed E-state index contributed by atoms with van der Waals surface area (Å²) in [6.45, 7) is 0. The Balaban J connectivity index is 1.65. The number of fused-ring (bicyclic) bond motifs is 2. The molecule has 0 saturated carbocycles. The van der Waals surface area contributed by atoms with E-state index in [0.29, 0.717) is 11.3 Å². The van der Waals surface area contributed by atoms with Crippen LogP contribution >= 0.6 is 46.4 Å². The minimum Gasteiger partial charge on any atom is -0.471 e. The summed E-state index contributed by atoms with van der Waals surface area (Å²) in [7, 11) is 0. The molecule has 6 rings (SSSR count). The van der Waals surface area contributed by atoms with Crippen LogP contribution in [0.15, 0.2) is 84.9 Å². The van der Waals surface area contributed by atoms with Gasteiger partial charge in [-0.05, 0) is 29.8 Å². The van der Waals surface area contributed by atoms with Crippen molar-refractivity contribution < 1.29 is 18.6 Å². The van der Waals surface area contributed by atoms with E-state index in [0.717, 1.165) is 16.7 Å².